The Morgan fingerprint density at radius 1 is 1.08 bits per heavy atom. The molecule has 0 aliphatic heterocycles. The molecule has 194 valence electrons. The third-order valence-corrected chi connectivity index (χ3v) is 6.31. The molecule has 4 aromatic rings. The zero-order valence-corrected chi connectivity index (χ0v) is 21.4. The number of nitrogen functional groups attached to an aromatic ring is 1. The highest BCUT2D eigenvalue weighted by Crippen LogP contribution is 2.37. The molecule has 3 aromatic carbocycles. The molecule has 0 saturated heterocycles. The zero-order valence-electron chi connectivity index (χ0n) is 21.4. The van der Waals surface area contributed by atoms with Crippen molar-refractivity contribution in [3.05, 3.63) is 66.0 Å². The third-order valence-electron chi connectivity index (χ3n) is 6.31. The number of rotatable bonds is 10. The van der Waals surface area contributed by atoms with Gasteiger partial charge in [0, 0.05) is 12.2 Å². The average Bonchev–Trinajstić information content (AvgIpc) is 3.29. The maximum atomic E-state index is 13.9. The van der Waals surface area contributed by atoms with Crippen LogP contribution in [0.25, 0.3) is 22.0 Å². The molecule has 1 heterocycles. The van der Waals surface area contributed by atoms with Crippen molar-refractivity contribution < 1.29 is 13.9 Å². The summed E-state index contributed by atoms with van der Waals surface area (Å²) in [6.07, 6.45) is 0.924. The van der Waals surface area contributed by atoms with E-state index in [0.29, 0.717) is 23.9 Å². The Morgan fingerprint density at radius 2 is 1.84 bits per heavy atom. The number of benzene rings is 3. The van der Waals surface area contributed by atoms with E-state index in [1.54, 1.807) is 24.3 Å². The number of urea groups is 1. The summed E-state index contributed by atoms with van der Waals surface area (Å²) in [5.41, 5.74) is 10.3. The standard InChI is InChI=1S/C28H33FN6O2/c1-4-35(5-2)15-6-16-37-24-14-12-21(25-26(24)33-34-27(25)30)19-8-10-20(11-9-19)31-28(36)32-23-17-18(3)7-13-22(23)29/h7-14,17H,4-6,15-16H2,1-3H3,(H3,30,33,34)(H2,31,32,36). The number of carbonyl (C=O) groups excluding carboxylic acids is 1. The molecule has 0 bridgehead atoms. The van der Waals surface area contributed by atoms with Crippen LogP contribution in [0.1, 0.15) is 25.8 Å². The molecule has 4 rings (SSSR count). The van der Waals surface area contributed by atoms with Gasteiger partial charge >= 0.3 is 6.03 Å². The molecule has 1 aromatic heterocycles. The van der Waals surface area contributed by atoms with Crippen LogP contribution < -0.4 is 21.1 Å². The minimum Gasteiger partial charge on any atom is -0.491 e. The number of H-pyrrole nitrogens is 1. The Bertz CT molecular complexity index is 1370. The van der Waals surface area contributed by atoms with E-state index in [0.717, 1.165) is 53.6 Å². The number of halogens is 1. The number of nitrogens with two attached hydrogens (primary N) is 1. The molecule has 0 fully saturated rings. The van der Waals surface area contributed by atoms with E-state index in [4.69, 9.17) is 10.5 Å². The van der Waals surface area contributed by atoms with Crippen LogP contribution in [-0.2, 0) is 0 Å². The maximum absolute atomic E-state index is 13.9. The van der Waals surface area contributed by atoms with Crippen LogP contribution in [-0.4, -0.2) is 47.4 Å². The topological polar surface area (TPSA) is 108 Å². The summed E-state index contributed by atoms with van der Waals surface area (Å²) in [5.74, 6) is 0.607. The maximum Gasteiger partial charge on any atom is 0.323 e. The number of aromatic nitrogens is 2. The van der Waals surface area contributed by atoms with Gasteiger partial charge in [-0.2, -0.15) is 5.10 Å². The fraction of sp³-hybridized carbons (Fsp3) is 0.286. The lowest BCUT2D eigenvalue weighted by Crippen LogP contribution is -2.25. The van der Waals surface area contributed by atoms with Crippen molar-refractivity contribution >= 4 is 34.1 Å². The van der Waals surface area contributed by atoms with Crippen LogP contribution in [0.15, 0.2) is 54.6 Å². The van der Waals surface area contributed by atoms with E-state index in [2.05, 4.69) is 39.6 Å². The molecule has 2 amide bonds. The van der Waals surface area contributed by atoms with Crippen molar-refractivity contribution in [3.63, 3.8) is 0 Å². The van der Waals surface area contributed by atoms with Crippen molar-refractivity contribution in [3.8, 4) is 16.9 Å². The Balaban J connectivity index is 1.45. The molecule has 0 aliphatic carbocycles. The smallest absolute Gasteiger partial charge is 0.323 e. The SMILES string of the molecule is CCN(CC)CCCOc1ccc(-c2ccc(NC(=O)Nc3cc(C)ccc3F)cc2)c2c(N)n[nH]c12. The number of carbonyl (C=O) groups is 1. The second-order valence-electron chi connectivity index (χ2n) is 8.84. The fourth-order valence-corrected chi connectivity index (χ4v) is 4.26. The predicted octanol–water partition coefficient (Wildman–Crippen LogP) is 6.01. The van der Waals surface area contributed by atoms with Gasteiger partial charge in [-0.05, 0) is 79.5 Å². The Kier molecular flexibility index (Phi) is 8.25. The Labute approximate surface area is 216 Å². The molecule has 8 nitrogen and oxygen atoms in total. The summed E-state index contributed by atoms with van der Waals surface area (Å²) < 4.78 is 20.0. The number of anilines is 3. The van der Waals surface area contributed by atoms with Gasteiger partial charge in [0.15, 0.2) is 5.82 Å². The summed E-state index contributed by atoms with van der Waals surface area (Å²) in [5, 5.41) is 13.3. The summed E-state index contributed by atoms with van der Waals surface area (Å²) in [6, 6.07) is 15.2. The van der Waals surface area contributed by atoms with E-state index >= 15 is 0 Å². The van der Waals surface area contributed by atoms with Crippen LogP contribution >= 0.6 is 0 Å². The van der Waals surface area contributed by atoms with Gasteiger partial charge in [-0.25, -0.2) is 9.18 Å². The molecule has 0 radical (unpaired) electrons. The molecular formula is C28H33FN6O2. The van der Waals surface area contributed by atoms with Crippen LogP contribution in [0.5, 0.6) is 5.75 Å². The molecule has 0 atom stereocenters. The highest BCUT2D eigenvalue weighted by atomic mass is 19.1. The number of hydrogen-bond donors (Lipinski definition) is 4. The average molecular weight is 505 g/mol. The lowest BCUT2D eigenvalue weighted by molar-refractivity contribution is 0.250. The van der Waals surface area contributed by atoms with Crippen molar-refractivity contribution in [2.45, 2.75) is 27.2 Å². The van der Waals surface area contributed by atoms with Gasteiger partial charge in [0.1, 0.15) is 17.1 Å². The fourth-order valence-electron chi connectivity index (χ4n) is 4.26. The van der Waals surface area contributed by atoms with Crippen LogP contribution in [0.2, 0.25) is 0 Å². The highest BCUT2D eigenvalue weighted by molar-refractivity contribution is 6.04. The molecule has 37 heavy (non-hydrogen) atoms. The first-order chi connectivity index (χ1) is 17.9. The van der Waals surface area contributed by atoms with Crippen molar-refractivity contribution in [1.29, 1.82) is 0 Å². The quantitative estimate of drug-likeness (QED) is 0.198. The van der Waals surface area contributed by atoms with Gasteiger partial charge in [0.25, 0.3) is 0 Å². The minimum atomic E-state index is -0.527. The Hall–Kier alpha value is -4.11. The van der Waals surface area contributed by atoms with Gasteiger partial charge in [-0.3, -0.25) is 5.10 Å². The van der Waals surface area contributed by atoms with E-state index < -0.39 is 11.8 Å². The minimum absolute atomic E-state index is 0.127. The molecule has 0 spiro atoms. The van der Waals surface area contributed by atoms with E-state index in [9.17, 15) is 9.18 Å². The summed E-state index contributed by atoms with van der Waals surface area (Å²) in [4.78, 5) is 14.7. The molecule has 0 aliphatic rings. The van der Waals surface area contributed by atoms with E-state index in [1.807, 2.05) is 31.2 Å². The van der Waals surface area contributed by atoms with Crippen LogP contribution in [0, 0.1) is 12.7 Å². The predicted molar refractivity (Wildman–Crippen MR) is 148 cm³/mol. The normalized spacial score (nSPS) is 11.2. The molecular weight excluding hydrogens is 471 g/mol. The van der Waals surface area contributed by atoms with Crippen molar-refractivity contribution in [2.75, 3.05) is 42.6 Å². The lowest BCUT2D eigenvalue weighted by Gasteiger charge is -2.18. The number of amides is 2. The van der Waals surface area contributed by atoms with Gasteiger partial charge in [0.05, 0.1) is 17.7 Å². The lowest BCUT2D eigenvalue weighted by atomic mass is 10.0. The number of aryl methyl sites for hydroxylation is 1. The first-order valence-electron chi connectivity index (χ1n) is 12.5. The van der Waals surface area contributed by atoms with Gasteiger partial charge in [-0.15, -0.1) is 0 Å². The number of ether oxygens (including phenoxy) is 1. The zero-order chi connectivity index (χ0) is 26.4. The number of hydrogen-bond acceptors (Lipinski definition) is 5. The van der Waals surface area contributed by atoms with E-state index in [1.165, 1.54) is 6.07 Å². The largest absolute Gasteiger partial charge is 0.491 e. The van der Waals surface area contributed by atoms with Crippen molar-refractivity contribution in [2.24, 2.45) is 0 Å². The third kappa shape index (κ3) is 6.18. The second-order valence-corrected chi connectivity index (χ2v) is 8.84. The van der Waals surface area contributed by atoms with Gasteiger partial charge in [-0.1, -0.05) is 32.0 Å². The number of nitrogens with one attached hydrogen (secondary N) is 3. The first kappa shape index (κ1) is 26.0. The second kappa shape index (κ2) is 11.7. The van der Waals surface area contributed by atoms with Gasteiger partial charge < -0.3 is 26.0 Å². The van der Waals surface area contributed by atoms with E-state index in [-0.39, 0.29) is 5.69 Å². The van der Waals surface area contributed by atoms with Crippen molar-refractivity contribution in [1.82, 2.24) is 15.1 Å². The summed E-state index contributed by atoms with van der Waals surface area (Å²) >= 11 is 0. The summed E-state index contributed by atoms with van der Waals surface area (Å²) in [6.45, 7) is 9.77. The summed E-state index contributed by atoms with van der Waals surface area (Å²) in [7, 11) is 0. The van der Waals surface area contributed by atoms with Crippen LogP contribution in [0.3, 0.4) is 0 Å². The van der Waals surface area contributed by atoms with Crippen LogP contribution in [0.4, 0.5) is 26.4 Å². The monoisotopic (exact) mass is 504 g/mol. The number of nitrogens with zero attached hydrogens (tertiary/aromatic N) is 2. The molecule has 0 unspecified atom stereocenters. The first-order valence-corrected chi connectivity index (χ1v) is 12.5. The Morgan fingerprint density at radius 3 is 2.57 bits per heavy atom. The number of fused-ring (bicyclic) bond motifs is 1. The molecule has 0 saturated carbocycles. The van der Waals surface area contributed by atoms with Gasteiger partial charge in [0.2, 0.25) is 0 Å². The molecule has 5 N–H and O–H groups in total. The highest BCUT2D eigenvalue weighted by Gasteiger charge is 2.15. The molecule has 9 heteroatoms. The number of aromatic amines is 1.